The summed E-state index contributed by atoms with van der Waals surface area (Å²) in [6, 6.07) is 14.4. The number of anilines is 1. The van der Waals surface area contributed by atoms with Crippen molar-refractivity contribution in [3.8, 4) is 6.07 Å². The van der Waals surface area contributed by atoms with E-state index in [1.54, 1.807) is 24.3 Å². The van der Waals surface area contributed by atoms with Crippen LogP contribution in [0, 0.1) is 11.3 Å². The minimum atomic E-state index is -0.925. The number of nitrogens with one attached hydrogen (secondary N) is 1. The number of benzene rings is 2. The summed E-state index contributed by atoms with van der Waals surface area (Å²) in [4.78, 5) is 11.1. The van der Waals surface area contributed by atoms with Crippen molar-refractivity contribution in [2.45, 2.75) is 6.42 Å². The van der Waals surface area contributed by atoms with Gasteiger partial charge in [-0.05, 0) is 36.2 Å². The van der Waals surface area contributed by atoms with Crippen LogP contribution in [0.3, 0.4) is 0 Å². The number of carboxylic acid groups (broad SMARTS) is 1. The van der Waals surface area contributed by atoms with Crippen molar-refractivity contribution in [2.24, 2.45) is 0 Å². The van der Waals surface area contributed by atoms with Gasteiger partial charge in [-0.3, -0.25) is 0 Å². The topological polar surface area (TPSA) is 73.1 Å². The van der Waals surface area contributed by atoms with Gasteiger partial charge in [0.05, 0.1) is 16.8 Å². The molecular weight excluding hydrogens is 332 g/mol. The van der Waals surface area contributed by atoms with Gasteiger partial charge in [-0.1, -0.05) is 34.1 Å². The molecule has 0 aliphatic rings. The molecule has 2 rings (SSSR count). The maximum atomic E-state index is 11.1. The predicted octanol–water partition coefficient (Wildman–Crippen LogP) is 3.67. The van der Waals surface area contributed by atoms with E-state index in [1.807, 2.05) is 18.2 Å². The molecule has 0 aliphatic heterocycles. The molecule has 2 aromatic rings. The molecule has 0 bridgehead atoms. The first kappa shape index (κ1) is 15.1. The molecule has 0 aromatic heterocycles. The van der Waals surface area contributed by atoms with Crippen LogP contribution in [-0.4, -0.2) is 17.6 Å². The lowest BCUT2D eigenvalue weighted by atomic mass is 10.0. The second-order valence-corrected chi connectivity index (χ2v) is 5.36. The van der Waals surface area contributed by atoms with Gasteiger partial charge in [-0.25, -0.2) is 4.79 Å². The maximum absolute atomic E-state index is 11.1. The monoisotopic (exact) mass is 344 g/mol. The van der Waals surface area contributed by atoms with Gasteiger partial charge in [0.25, 0.3) is 0 Å². The zero-order valence-corrected chi connectivity index (χ0v) is 12.7. The fraction of sp³-hybridized carbons (Fsp3) is 0.125. The highest BCUT2D eigenvalue weighted by atomic mass is 79.9. The lowest BCUT2D eigenvalue weighted by Crippen LogP contribution is -2.09. The van der Waals surface area contributed by atoms with Gasteiger partial charge in [0.1, 0.15) is 6.07 Å². The Kier molecular flexibility index (Phi) is 4.96. The van der Waals surface area contributed by atoms with Gasteiger partial charge in [0, 0.05) is 11.0 Å². The van der Waals surface area contributed by atoms with E-state index in [9.17, 15) is 4.79 Å². The third-order valence-electron chi connectivity index (χ3n) is 3.06. The number of aromatic carboxylic acids is 1. The molecule has 0 atom stereocenters. The molecular formula is C16H13BrN2O2. The molecule has 0 fully saturated rings. The van der Waals surface area contributed by atoms with Crippen LogP contribution in [0.2, 0.25) is 0 Å². The highest BCUT2D eigenvalue weighted by Gasteiger charge is 2.09. The molecule has 0 saturated carbocycles. The highest BCUT2D eigenvalue weighted by molar-refractivity contribution is 9.10. The van der Waals surface area contributed by atoms with Crippen LogP contribution in [0.5, 0.6) is 0 Å². The fourth-order valence-electron chi connectivity index (χ4n) is 2.04. The smallest absolute Gasteiger partial charge is 0.335 e. The van der Waals surface area contributed by atoms with E-state index in [4.69, 9.17) is 10.4 Å². The van der Waals surface area contributed by atoms with E-state index in [2.05, 4.69) is 27.3 Å². The van der Waals surface area contributed by atoms with Gasteiger partial charge in [-0.15, -0.1) is 0 Å². The Balaban J connectivity index is 2.08. The average Bonchev–Trinajstić information content (AvgIpc) is 2.48. The Bertz CT molecular complexity index is 708. The SMILES string of the molecule is N#Cc1ccc(Br)cc1NCCc1ccccc1C(=O)O. The number of carbonyl (C=O) groups is 1. The van der Waals surface area contributed by atoms with Gasteiger partial charge < -0.3 is 10.4 Å². The average molecular weight is 345 g/mol. The predicted molar refractivity (Wildman–Crippen MR) is 84.5 cm³/mol. The van der Waals surface area contributed by atoms with Gasteiger partial charge in [0.15, 0.2) is 0 Å². The standard InChI is InChI=1S/C16H13BrN2O2/c17-13-6-5-12(10-18)15(9-13)19-8-7-11-3-1-2-4-14(11)16(20)21/h1-6,9,19H,7-8H2,(H,20,21). The Morgan fingerprint density at radius 2 is 2.05 bits per heavy atom. The van der Waals surface area contributed by atoms with Gasteiger partial charge in [0.2, 0.25) is 0 Å². The van der Waals surface area contributed by atoms with Crippen molar-refractivity contribution in [1.29, 1.82) is 5.26 Å². The number of rotatable bonds is 5. The summed E-state index contributed by atoms with van der Waals surface area (Å²) in [6.45, 7) is 0.551. The molecule has 0 heterocycles. The van der Waals surface area contributed by atoms with E-state index in [1.165, 1.54) is 0 Å². The Morgan fingerprint density at radius 1 is 1.29 bits per heavy atom. The molecule has 0 saturated heterocycles. The van der Waals surface area contributed by atoms with Crippen molar-refractivity contribution in [3.63, 3.8) is 0 Å². The molecule has 21 heavy (non-hydrogen) atoms. The van der Waals surface area contributed by atoms with Crippen LogP contribution in [0.4, 0.5) is 5.69 Å². The van der Waals surface area contributed by atoms with Crippen molar-refractivity contribution in [3.05, 3.63) is 63.6 Å². The number of hydrogen-bond acceptors (Lipinski definition) is 3. The van der Waals surface area contributed by atoms with E-state index >= 15 is 0 Å². The number of carboxylic acids is 1. The van der Waals surface area contributed by atoms with Crippen molar-refractivity contribution in [2.75, 3.05) is 11.9 Å². The molecule has 2 N–H and O–H groups in total. The van der Waals surface area contributed by atoms with Crippen molar-refractivity contribution >= 4 is 27.6 Å². The molecule has 106 valence electrons. The third kappa shape index (κ3) is 3.83. The number of halogens is 1. The lowest BCUT2D eigenvalue weighted by molar-refractivity contribution is 0.0695. The van der Waals surface area contributed by atoms with Crippen LogP contribution in [0.1, 0.15) is 21.5 Å². The summed E-state index contributed by atoms with van der Waals surface area (Å²) in [6.07, 6.45) is 0.569. The summed E-state index contributed by atoms with van der Waals surface area (Å²) in [7, 11) is 0. The summed E-state index contributed by atoms with van der Waals surface area (Å²) >= 11 is 3.37. The molecule has 0 unspecified atom stereocenters. The largest absolute Gasteiger partial charge is 0.478 e. The van der Waals surface area contributed by atoms with Crippen molar-refractivity contribution < 1.29 is 9.90 Å². The van der Waals surface area contributed by atoms with Gasteiger partial charge in [-0.2, -0.15) is 5.26 Å². The van der Waals surface area contributed by atoms with Gasteiger partial charge >= 0.3 is 5.97 Å². The van der Waals surface area contributed by atoms with E-state index in [-0.39, 0.29) is 0 Å². The maximum Gasteiger partial charge on any atom is 0.335 e. The minimum absolute atomic E-state index is 0.314. The normalized spacial score (nSPS) is 9.90. The fourth-order valence-corrected chi connectivity index (χ4v) is 2.40. The van der Waals surface area contributed by atoms with Crippen LogP contribution < -0.4 is 5.32 Å². The highest BCUT2D eigenvalue weighted by Crippen LogP contribution is 2.21. The van der Waals surface area contributed by atoms with Crippen LogP contribution in [-0.2, 0) is 6.42 Å². The van der Waals surface area contributed by atoms with Crippen molar-refractivity contribution in [1.82, 2.24) is 0 Å². The molecule has 0 amide bonds. The zero-order valence-electron chi connectivity index (χ0n) is 11.1. The summed E-state index contributed by atoms with van der Waals surface area (Å²) < 4.78 is 0.884. The molecule has 2 aromatic carbocycles. The van der Waals surface area contributed by atoms with E-state index in [0.29, 0.717) is 24.1 Å². The molecule has 4 nitrogen and oxygen atoms in total. The van der Waals surface area contributed by atoms with Crippen LogP contribution in [0.15, 0.2) is 46.9 Å². The Morgan fingerprint density at radius 3 is 2.76 bits per heavy atom. The molecule has 5 heteroatoms. The molecule has 0 aliphatic carbocycles. The van der Waals surface area contributed by atoms with Crippen LogP contribution in [0.25, 0.3) is 0 Å². The van der Waals surface area contributed by atoms with E-state index < -0.39 is 5.97 Å². The van der Waals surface area contributed by atoms with Crippen LogP contribution >= 0.6 is 15.9 Å². The lowest BCUT2D eigenvalue weighted by Gasteiger charge is -2.10. The number of nitriles is 1. The Hall–Kier alpha value is -2.32. The number of nitrogens with zero attached hydrogens (tertiary/aromatic N) is 1. The first-order valence-corrected chi connectivity index (χ1v) is 7.16. The summed E-state index contributed by atoms with van der Waals surface area (Å²) in [5.41, 5.74) is 2.38. The van der Waals surface area contributed by atoms with E-state index in [0.717, 1.165) is 15.7 Å². The third-order valence-corrected chi connectivity index (χ3v) is 3.55. The summed E-state index contributed by atoms with van der Waals surface area (Å²) in [5, 5.41) is 21.4. The first-order chi connectivity index (χ1) is 10.1. The zero-order chi connectivity index (χ0) is 15.2. The second-order valence-electron chi connectivity index (χ2n) is 4.44. The quantitative estimate of drug-likeness (QED) is 0.867. The summed E-state index contributed by atoms with van der Waals surface area (Å²) in [5.74, 6) is -0.925. The molecule has 0 radical (unpaired) electrons. The second kappa shape index (κ2) is 6.91. The number of hydrogen-bond donors (Lipinski definition) is 2. The molecule has 0 spiro atoms. The minimum Gasteiger partial charge on any atom is -0.478 e. The first-order valence-electron chi connectivity index (χ1n) is 6.36. The Labute approximate surface area is 131 Å².